The number of nitrogens with zero attached hydrogens (tertiary/aromatic N) is 2. The number of thiazole rings is 1. The number of hydrogen-bond donors (Lipinski definition) is 0. The third kappa shape index (κ3) is 3.29. The second-order valence-corrected chi connectivity index (χ2v) is 5.19. The molecular formula is C14H11N2O5S-. The Morgan fingerprint density at radius 3 is 2.73 bits per heavy atom. The van der Waals surface area contributed by atoms with Gasteiger partial charge < -0.3 is 9.84 Å². The first-order valence-electron chi connectivity index (χ1n) is 6.10. The van der Waals surface area contributed by atoms with E-state index in [1.165, 1.54) is 30.6 Å². The van der Waals surface area contributed by atoms with Gasteiger partial charge in [0.1, 0.15) is 5.01 Å². The largest absolute Gasteiger partial charge is 0.868 e. The van der Waals surface area contributed by atoms with Crippen LogP contribution >= 0.6 is 11.3 Å². The highest BCUT2D eigenvalue weighted by Gasteiger charge is 2.17. The highest BCUT2D eigenvalue weighted by Crippen LogP contribution is 2.28. The molecule has 2 rings (SSSR count). The number of nitro benzene ring substituents is 1. The van der Waals surface area contributed by atoms with Gasteiger partial charge in [0.2, 0.25) is 0 Å². The molecule has 0 fully saturated rings. The SMILES string of the molecule is COC(=O)/C(=C\c1ccc([O-])c([N+](=O)[O-])c1)c1nc(C)cs1. The highest BCUT2D eigenvalue weighted by molar-refractivity contribution is 7.11. The van der Waals surface area contributed by atoms with Crippen molar-refractivity contribution in [3.8, 4) is 5.75 Å². The van der Waals surface area contributed by atoms with Crippen LogP contribution in [0.15, 0.2) is 23.6 Å². The molecule has 0 N–H and O–H groups in total. The third-order valence-corrected chi connectivity index (χ3v) is 3.74. The van der Waals surface area contributed by atoms with Crippen LogP contribution in [0.3, 0.4) is 0 Å². The molecule has 0 atom stereocenters. The first-order chi connectivity index (χ1) is 10.4. The molecule has 0 aliphatic carbocycles. The summed E-state index contributed by atoms with van der Waals surface area (Å²) in [5.41, 5.74) is 0.720. The average Bonchev–Trinajstić information content (AvgIpc) is 2.91. The molecule has 1 heterocycles. The lowest BCUT2D eigenvalue weighted by molar-refractivity contribution is -0.398. The van der Waals surface area contributed by atoms with Gasteiger partial charge in [-0.3, -0.25) is 10.1 Å². The standard InChI is InChI=1S/C14H12N2O5S/c1-8-7-22-13(15-8)10(14(18)21-2)5-9-3-4-12(17)11(6-9)16(19)20/h3-7,17H,1-2H3/p-1/b10-5-. The molecule has 1 aromatic carbocycles. The van der Waals surface area contributed by atoms with E-state index in [0.717, 1.165) is 17.8 Å². The van der Waals surface area contributed by atoms with Gasteiger partial charge in [-0.15, -0.1) is 11.3 Å². The monoisotopic (exact) mass is 319 g/mol. The normalized spacial score (nSPS) is 11.3. The van der Waals surface area contributed by atoms with Gasteiger partial charge in [-0.05, 0) is 24.3 Å². The van der Waals surface area contributed by atoms with Gasteiger partial charge in [0, 0.05) is 17.1 Å². The third-order valence-electron chi connectivity index (χ3n) is 2.75. The Bertz CT molecular complexity index is 766. The molecule has 0 spiro atoms. The Kier molecular flexibility index (Phi) is 4.52. The Morgan fingerprint density at radius 2 is 2.18 bits per heavy atom. The van der Waals surface area contributed by atoms with Crippen molar-refractivity contribution >= 4 is 34.6 Å². The summed E-state index contributed by atoms with van der Waals surface area (Å²) >= 11 is 1.26. The Hall–Kier alpha value is -2.74. The summed E-state index contributed by atoms with van der Waals surface area (Å²) in [6.07, 6.45) is 1.41. The number of carbonyl (C=O) groups is 1. The molecule has 7 nitrogen and oxygen atoms in total. The first kappa shape index (κ1) is 15.6. The van der Waals surface area contributed by atoms with Crippen molar-refractivity contribution in [3.05, 3.63) is 50.0 Å². The van der Waals surface area contributed by atoms with Crippen molar-refractivity contribution in [1.29, 1.82) is 0 Å². The average molecular weight is 319 g/mol. The number of hydrogen-bond acceptors (Lipinski definition) is 7. The van der Waals surface area contributed by atoms with Crippen molar-refractivity contribution in [1.82, 2.24) is 4.98 Å². The molecule has 0 bridgehead atoms. The zero-order valence-electron chi connectivity index (χ0n) is 11.7. The Balaban J connectivity index is 2.52. The van der Waals surface area contributed by atoms with Crippen LogP contribution in [-0.4, -0.2) is 23.0 Å². The molecule has 8 heteroatoms. The lowest BCUT2D eigenvalue weighted by atomic mass is 10.1. The van der Waals surface area contributed by atoms with Crippen LogP contribution in [0.25, 0.3) is 11.6 Å². The van der Waals surface area contributed by atoms with Crippen LogP contribution in [0.4, 0.5) is 5.69 Å². The zero-order valence-corrected chi connectivity index (χ0v) is 12.5. The smallest absolute Gasteiger partial charge is 0.340 e. The van der Waals surface area contributed by atoms with Gasteiger partial charge in [-0.2, -0.15) is 0 Å². The fourth-order valence-corrected chi connectivity index (χ4v) is 2.53. The molecule has 0 unspecified atom stereocenters. The van der Waals surface area contributed by atoms with E-state index in [0.29, 0.717) is 10.6 Å². The second kappa shape index (κ2) is 6.35. The number of methoxy groups -OCH3 is 1. The fraction of sp³-hybridized carbons (Fsp3) is 0.143. The fourth-order valence-electron chi connectivity index (χ4n) is 1.73. The van der Waals surface area contributed by atoms with Gasteiger partial charge in [0.05, 0.1) is 17.6 Å². The van der Waals surface area contributed by atoms with Gasteiger partial charge in [0.15, 0.2) is 0 Å². The molecule has 0 aliphatic rings. The van der Waals surface area contributed by atoms with Crippen LogP contribution in [0.2, 0.25) is 0 Å². The number of benzene rings is 1. The molecule has 0 saturated heterocycles. The summed E-state index contributed by atoms with van der Waals surface area (Å²) < 4.78 is 4.71. The maximum atomic E-state index is 11.9. The minimum absolute atomic E-state index is 0.175. The van der Waals surface area contributed by atoms with E-state index in [1.54, 1.807) is 12.3 Å². The predicted molar refractivity (Wildman–Crippen MR) is 79.3 cm³/mol. The van der Waals surface area contributed by atoms with E-state index in [-0.39, 0.29) is 5.57 Å². The summed E-state index contributed by atoms with van der Waals surface area (Å²) in [6.45, 7) is 1.78. The minimum Gasteiger partial charge on any atom is -0.868 e. The van der Waals surface area contributed by atoms with E-state index < -0.39 is 22.3 Å². The number of aryl methyl sites for hydroxylation is 1. The van der Waals surface area contributed by atoms with Crippen LogP contribution in [0.1, 0.15) is 16.3 Å². The quantitative estimate of drug-likeness (QED) is 0.370. The molecule has 0 saturated carbocycles. The number of nitro groups is 1. The van der Waals surface area contributed by atoms with Gasteiger partial charge >= 0.3 is 5.97 Å². The van der Waals surface area contributed by atoms with E-state index >= 15 is 0 Å². The Labute approximate surface area is 129 Å². The Morgan fingerprint density at radius 1 is 1.45 bits per heavy atom. The van der Waals surface area contributed by atoms with Crippen LogP contribution < -0.4 is 5.11 Å². The molecule has 0 aliphatic heterocycles. The maximum Gasteiger partial charge on any atom is 0.340 e. The summed E-state index contributed by atoms with van der Waals surface area (Å²) in [5, 5.41) is 24.4. The number of aromatic nitrogens is 1. The van der Waals surface area contributed by atoms with Gasteiger partial charge in [-0.1, -0.05) is 12.1 Å². The molecule has 0 amide bonds. The van der Waals surface area contributed by atoms with E-state index in [4.69, 9.17) is 4.74 Å². The van der Waals surface area contributed by atoms with Gasteiger partial charge in [0.25, 0.3) is 5.69 Å². The second-order valence-electron chi connectivity index (χ2n) is 4.33. The zero-order chi connectivity index (χ0) is 16.3. The summed E-state index contributed by atoms with van der Waals surface area (Å²) in [7, 11) is 1.24. The molecule has 2 aromatic rings. The topological polar surface area (TPSA) is 105 Å². The number of esters is 1. The maximum absolute atomic E-state index is 11.9. The van der Waals surface area contributed by atoms with E-state index in [2.05, 4.69) is 4.98 Å². The van der Waals surface area contributed by atoms with Gasteiger partial charge in [-0.25, -0.2) is 9.78 Å². The van der Waals surface area contributed by atoms with Crippen LogP contribution in [-0.2, 0) is 9.53 Å². The summed E-state index contributed by atoms with van der Waals surface area (Å²) in [6, 6.07) is 3.61. The molecule has 22 heavy (non-hydrogen) atoms. The highest BCUT2D eigenvalue weighted by atomic mass is 32.1. The summed E-state index contributed by atoms with van der Waals surface area (Å²) in [4.78, 5) is 26.1. The molecule has 0 radical (unpaired) electrons. The molecule has 114 valence electrons. The van der Waals surface area contributed by atoms with Crippen molar-refractivity contribution in [2.75, 3.05) is 7.11 Å². The number of ether oxygens (including phenoxy) is 1. The van der Waals surface area contributed by atoms with Crippen molar-refractivity contribution in [2.24, 2.45) is 0 Å². The van der Waals surface area contributed by atoms with E-state index in [1.807, 2.05) is 0 Å². The lowest BCUT2D eigenvalue weighted by Gasteiger charge is -2.07. The van der Waals surface area contributed by atoms with Crippen molar-refractivity contribution in [2.45, 2.75) is 6.92 Å². The minimum atomic E-state index is -0.759. The molecular weight excluding hydrogens is 308 g/mol. The number of rotatable bonds is 4. The van der Waals surface area contributed by atoms with Crippen molar-refractivity contribution in [3.63, 3.8) is 0 Å². The lowest BCUT2D eigenvalue weighted by Crippen LogP contribution is -2.04. The van der Waals surface area contributed by atoms with E-state index in [9.17, 15) is 20.0 Å². The first-order valence-corrected chi connectivity index (χ1v) is 6.98. The van der Waals surface area contributed by atoms with Crippen molar-refractivity contribution < 1.29 is 19.6 Å². The summed E-state index contributed by atoms with van der Waals surface area (Å²) in [5.74, 6) is -1.30. The van der Waals surface area contributed by atoms with Crippen LogP contribution in [0.5, 0.6) is 5.75 Å². The van der Waals surface area contributed by atoms with Crippen LogP contribution in [0, 0.1) is 17.0 Å². The predicted octanol–water partition coefficient (Wildman–Crippen LogP) is 2.15. The molecule has 1 aromatic heterocycles. The number of carbonyl (C=O) groups excluding carboxylic acids is 1.